The highest BCUT2D eigenvalue weighted by Gasteiger charge is 2.23. The number of carboxylic acid groups (broad SMARTS) is 1. The molecule has 2 aromatic rings. The molecule has 3 rings (SSSR count). The predicted molar refractivity (Wildman–Crippen MR) is 103 cm³/mol. The molecule has 2 aromatic carbocycles. The maximum absolute atomic E-state index is 11.3. The summed E-state index contributed by atoms with van der Waals surface area (Å²) >= 11 is 0. The number of aliphatic carboxylic acids is 1. The topological polar surface area (TPSA) is 89.3 Å². The number of carboxylic acids is 1. The van der Waals surface area contributed by atoms with E-state index in [0.29, 0.717) is 6.54 Å². The third-order valence-corrected chi connectivity index (χ3v) is 4.70. The second-order valence-electron chi connectivity index (χ2n) is 7.03. The van der Waals surface area contributed by atoms with Crippen molar-refractivity contribution in [2.75, 3.05) is 7.05 Å². The van der Waals surface area contributed by atoms with E-state index in [1.807, 2.05) is 50.2 Å². The molecule has 142 valence electrons. The predicted octanol–water partition coefficient (Wildman–Crippen LogP) is 3.37. The molecule has 0 bridgehead atoms. The van der Waals surface area contributed by atoms with Gasteiger partial charge in [0.2, 0.25) is 0 Å². The van der Waals surface area contributed by atoms with Crippen LogP contribution < -0.4 is 10.9 Å². The van der Waals surface area contributed by atoms with Gasteiger partial charge >= 0.3 is 5.97 Å². The van der Waals surface area contributed by atoms with Gasteiger partial charge < -0.3 is 10.4 Å². The van der Waals surface area contributed by atoms with E-state index in [9.17, 15) is 9.90 Å². The molecular weight excluding hydrogens is 342 g/mol. The molecule has 27 heavy (non-hydrogen) atoms. The largest absolute Gasteiger partial charge is 0.480 e. The second kappa shape index (κ2) is 8.28. The molecule has 1 aliphatic heterocycles. The summed E-state index contributed by atoms with van der Waals surface area (Å²) in [4.78, 5) is 11.3. The Morgan fingerprint density at radius 3 is 2.52 bits per heavy atom. The highest BCUT2D eigenvalue weighted by Crippen LogP contribution is 2.32. The molecule has 0 saturated carbocycles. The maximum atomic E-state index is 11.3. The lowest BCUT2D eigenvalue weighted by molar-refractivity contribution is -0.140. The van der Waals surface area contributed by atoms with E-state index in [0.717, 1.165) is 22.3 Å². The zero-order valence-electron chi connectivity index (χ0n) is 15.8. The van der Waals surface area contributed by atoms with Crippen LogP contribution in [0.3, 0.4) is 0 Å². The van der Waals surface area contributed by atoms with Crippen molar-refractivity contribution in [1.29, 1.82) is 0 Å². The van der Waals surface area contributed by atoms with Crippen LogP contribution in [0.4, 0.5) is 0 Å². The first kappa shape index (κ1) is 19.0. The highest BCUT2D eigenvalue weighted by atomic mass is 16.4. The first-order chi connectivity index (χ1) is 13.0. The highest BCUT2D eigenvalue weighted by molar-refractivity contribution is 5.73. The van der Waals surface area contributed by atoms with Gasteiger partial charge in [0.25, 0.3) is 0 Å². The minimum atomic E-state index is -0.820. The van der Waals surface area contributed by atoms with E-state index in [1.165, 1.54) is 0 Å². The molecule has 0 fully saturated rings. The SMILES string of the molecule is CC(C)[C@H](NCc1ccc(-c2ccccc2C2N=NNN2C)cc1)C(=O)O. The molecule has 1 aliphatic rings. The van der Waals surface area contributed by atoms with Gasteiger partial charge in [-0.3, -0.25) is 4.79 Å². The van der Waals surface area contributed by atoms with Crippen LogP contribution in [0.25, 0.3) is 11.1 Å². The second-order valence-corrected chi connectivity index (χ2v) is 7.03. The average molecular weight is 367 g/mol. The summed E-state index contributed by atoms with van der Waals surface area (Å²) in [7, 11) is 1.91. The number of hydrazine groups is 1. The molecule has 2 atom stereocenters. The fourth-order valence-corrected chi connectivity index (χ4v) is 3.18. The summed E-state index contributed by atoms with van der Waals surface area (Å²) < 4.78 is 0. The first-order valence-electron chi connectivity index (χ1n) is 9.00. The first-order valence-corrected chi connectivity index (χ1v) is 9.00. The molecule has 3 N–H and O–H groups in total. The Labute approximate surface area is 159 Å². The number of nitrogens with zero attached hydrogens (tertiary/aromatic N) is 3. The summed E-state index contributed by atoms with van der Waals surface area (Å²) in [5.41, 5.74) is 7.14. The zero-order valence-corrected chi connectivity index (χ0v) is 15.8. The van der Waals surface area contributed by atoms with Gasteiger partial charge in [0, 0.05) is 19.2 Å². The fraction of sp³-hybridized carbons (Fsp3) is 0.350. The molecule has 0 spiro atoms. The Morgan fingerprint density at radius 1 is 1.22 bits per heavy atom. The summed E-state index contributed by atoms with van der Waals surface area (Å²) in [6.45, 7) is 4.32. The number of nitrogens with one attached hydrogen (secondary N) is 2. The van der Waals surface area contributed by atoms with E-state index >= 15 is 0 Å². The number of hydrogen-bond acceptors (Lipinski definition) is 6. The van der Waals surface area contributed by atoms with Crippen LogP contribution in [0.15, 0.2) is 58.9 Å². The summed E-state index contributed by atoms with van der Waals surface area (Å²) in [6, 6.07) is 15.7. The molecule has 0 saturated heterocycles. The van der Waals surface area contributed by atoms with Crippen molar-refractivity contribution in [3.8, 4) is 11.1 Å². The van der Waals surface area contributed by atoms with Crippen molar-refractivity contribution >= 4 is 5.97 Å². The van der Waals surface area contributed by atoms with Crippen LogP contribution in [0.2, 0.25) is 0 Å². The standard InChI is InChI=1S/C20H25N5O2/c1-13(2)18(20(26)27)21-12-14-8-10-15(11-9-14)16-6-4-5-7-17(16)19-22-23-24-25(19)3/h4-11,13,18-19,21H,12H2,1-3H3,(H,22,24)(H,26,27)/t18-,19?/m0/s1. The molecule has 0 radical (unpaired) electrons. The van der Waals surface area contributed by atoms with Crippen LogP contribution in [-0.4, -0.2) is 29.2 Å². The number of benzene rings is 2. The van der Waals surface area contributed by atoms with Crippen LogP contribution in [0, 0.1) is 5.92 Å². The molecule has 7 heteroatoms. The van der Waals surface area contributed by atoms with Gasteiger partial charge in [-0.05, 0) is 22.6 Å². The summed E-state index contributed by atoms with van der Waals surface area (Å²) in [5.74, 6) is -0.793. The normalized spacial score (nSPS) is 17.9. The van der Waals surface area contributed by atoms with Gasteiger partial charge in [-0.15, -0.1) is 5.11 Å². The van der Waals surface area contributed by atoms with Crippen molar-refractivity contribution < 1.29 is 9.90 Å². The minimum Gasteiger partial charge on any atom is -0.480 e. The summed E-state index contributed by atoms with van der Waals surface area (Å²) in [5, 5.41) is 22.4. The van der Waals surface area contributed by atoms with E-state index in [-0.39, 0.29) is 12.1 Å². The number of carbonyl (C=O) groups is 1. The summed E-state index contributed by atoms with van der Waals surface area (Å²) in [6.07, 6.45) is -0.162. The monoisotopic (exact) mass is 367 g/mol. The van der Waals surface area contributed by atoms with Crippen LogP contribution >= 0.6 is 0 Å². The lowest BCUT2D eigenvalue weighted by atomic mass is 9.97. The van der Waals surface area contributed by atoms with Gasteiger partial charge in [-0.1, -0.05) is 67.6 Å². The Bertz CT molecular complexity index is 819. The van der Waals surface area contributed by atoms with Crippen LogP contribution in [-0.2, 0) is 11.3 Å². The maximum Gasteiger partial charge on any atom is 0.320 e. The third kappa shape index (κ3) is 4.32. The Kier molecular flexibility index (Phi) is 5.83. The van der Waals surface area contributed by atoms with E-state index in [2.05, 4.69) is 45.5 Å². The average Bonchev–Trinajstić information content (AvgIpc) is 3.08. The van der Waals surface area contributed by atoms with Gasteiger partial charge in [0.1, 0.15) is 6.04 Å². The van der Waals surface area contributed by atoms with Gasteiger partial charge in [-0.2, -0.15) is 5.01 Å². The van der Waals surface area contributed by atoms with Crippen LogP contribution in [0.5, 0.6) is 0 Å². The number of hydrogen-bond donors (Lipinski definition) is 3. The van der Waals surface area contributed by atoms with E-state index < -0.39 is 12.0 Å². The lowest BCUT2D eigenvalue weighted by Gasteiger charge is -2.19. The minimum absolute atomic E-state index is 0.0276. The van der Waals surface area contributed by atoms with Crippen molar-refractivity contribution in [3.63, 3.8) is 0 Å². The van der Waals surface area contributed by atoms with Crippen molar-refractivity contribution in [1.82, 2.24) is 15.9 Å². The van der Waals surface area contributed by atoms with E-state index in [1.54, 1.807) is 0 Å². The zero-order chi connectivity index (χ0) is 19.4. The van der Waals surface area contributed by atoms with Gasteiger partial charge in [-0.25, -0.2) is 5.53 Å². The van der Waals surface area contributed by atoms with Crippen molar-refractivity contribution in [2.24, 2.45) is 16.3 Å². The molecule has 0 amide bonds. The van der Waals surface area contributed by atoms with Crippen LogP contribution in [0.1, 0.15) is 31.1 Å². The Morgan fingerprint density at radius 2 is 1.93 bits per heavy atom. The van der Waals surface area contributed by atoms with Crippen molar-refractivity contribution in [2.45, 2.75) is 32.6 Å². The molecule has 0 aliphatic carbocycles. The molecular formula is C20H25N5O2. The number of rotatable bonds is 7. The smallest absolute Gasteiger partial charge is 0.320 e. The van der Waals surface area contributed by atoms with Gasteiger partial charge in [0.05, 0.1) is 0 Å². The lowest BCUT2D eigenvalue weighted by Crippen LogP contribution is -2.40. The Balaban J connectivity index is 1.77. The molecule has 1 unspecified atom stereocenters. The third-order valence-electron chi connectivity index (χ3n) is 4.70. The quantitative estimate of drug-likeness (QED) is 0.698. The van der Waals surface area contributed by atoms with Gasteiger partial charge in [0.15, 0.2) is 6.17 Å². The molecule has 1 heterocycles. The van der Waals surface area contributed by atoms with E-state index in [4.69, 9.17) is 0 Å². The van der Waals surface area contributed by atoms with Crippen molar-refractivity contribution in [3.05, 3.63) is 59.7 Å². The molecule has 0 aromatic heterocycles. The molecule has 7 nitrogen and oxygen atoms in total. The fourth-order valence-electron chi connectivity index (χ4n) is 3.18. The Hall–Kier alpha value is -2.77.